The van der Waals surface area contributed by atoms with Crippen LogP contribution in [-0.4, -0.2) is 35.7 Å². The Hall–Kier alpha value is -2.73. The van der Waals surface area contributed by atoms with Crippen LogP contribution in [0.1, 0.15) is 36.8 Å². The molecule has 0 saturated carbocycles. The smallest absolute Gasteiger partial charge is 0.191 e. The number of aliphatic hydroxyl groups is 1. The fourth-order valence-corrected chi connectivity index (χ4v) is 3.18. The zero-order valence-corrected chi connectivity index (χ0v) is 16.0. The van der Waals surface area contributed by atoms with Crippen molar-refractivity contribution in [1.82, 2.24) is 15.6 Å². The highest BCUT2D eigenvalue weighted by atomic mass is 16.4. The molecular formula is C21H28N4O2. The van der Waals surface area contributed by atoms with E-state index in [1.165, 1.54) is 22.0 Å². The molecule has 6 heteroatoms. The van der Waals surface area contributed by atoms with E-state index in [1.807, 2.05) is 6.92 Å². The normalized spacial score (nSPS) is 13.1. The highest BCUT2D eigenvalue weighted by Crippen LogP contribution is 2.22. The number of para-hydroxylation sites is 1. The number of aliphatic hydroxyl groups excluding tert-OH is 1. The summed E-state index contributed by atoms with van der Waals surface area (Å²) in [6.07, 6.45) is 4.81. The number of furan rings is 1. The van der Waals surface area contributed by atoms with Crippen LogP contribution in [0.4, 0.5) is 0 Å². The van der Waals surface area contributed by atoms with E-state index in [2.05, 4.69) is 51.9 Å². The summed E-state index contributed by atoms with van der Waals surface area (Å²) in [6.45, 7) is 5.96. The molecule has 0 aliphatic rings. The number of rotatable bonds is 8. The number of guanidine groups is 1. The molecule has 2 aromatic heterocycles. The monoisotopic (exact) mass is 368 g/mol. The van der Waals surface area contributed by atoms with Gasteiger partial charge in [0.2, 0.25) is 0 Å². The van der Waals surface area contributed by atoms with Crippen LogP contribution < -0.4 is 10.6 Å². The van der Waals surface area contributed by atoms with Gasteiger partial charge < -0.3 is 25.1 Å². The predicted octanol–water partition coefficient (Wildman–Crippen LogP) is 3.15. The number of nitrogens with zero attached hydrogens (tertiary/aromatic N) is 1. The van der Waals surface area contributed by atoms with Crippen molar-refractivity contribution in [2.75, 3.05) is 19.6 Å². The first-order valence-electron chi connectivity index (χ1n) is 9.54. The van der Waals surface area contributed by atoms with Gasteiger partial charge in [0.05, 0.1) is 12.8 Å². The number of aryl methyl sites for hydroxylation is 1. The molecule has 1 unspecified atom stereocenters. The van der Waals surface area contributed by atoms with Crippen molar-refractivity contribution >= 4 is 16.9 Å². The second kappa shape index (κ2) is 9.28. The fraction of sp³-hybridized carbons (Fsp3) is 0.381. The van der Waals surface area contributed by atoms with Gasteiger partial charge in [-0.15, -0.1) is 0 Å². The molecule has 4 N–H and O–H groups in total. The van der Waals surface area contributed by atoms with Gasteiger partial charge in [-0.2, -0.15) is 0 Å². The number of aromatic nitrogens is 1. The molecule has 0 amide bonds. The molecule has 0 saturated heterocycles. The average Bonchev–Trinajstić information content (AvgIpc) is 3.36. The number of hydrogen-bond donors (Lipinski definition) is 4. The van der Waals surface area contributed by atoms with Crippen LogP contribution in [0.25, 0.3) is 10.9 Å². The minimum absolute atomic E-state index is 0.246. The molecule has 0 aliphatic heterocycles. The van der Waals surface area contributed by atoms with Gasteiger partial charge in [-0.25, -0.2) is 0 Å². The molecule has 0 radical (unpaired) electrons. The lowest BCUT2D eigenvalue weighted by Crippen LogP contribution is -2.38. The van der Waals surface area contributed by atoms with Gasteiger partial charge in [0.15, 0.2) is 5.96 Å². The van der Waals surface area contributed by atoms with Crippen molar-refractivity contribution in [2.24, 2.45) is 4.99 Å². The number of nitrogens with one attached hydrogen (secondary N) is 3. The Kier molecular flexibility index (Phi) is 6.54. The molecule has 2 heterocycles. The van der Waals surface area contributed by atoms with Crippen molar-refractivity contribution in [3.8, 4) is 0 Å². The summed E-state index contributed by atoms with van der Waals surface area (Å²) in [5, 5.41) is 17.9. The van der Waals surface area contributed by atoms with E-state index in [0.29, 0.717) is 11.7 Å². The zero-order valence-electron chi connectivity index (χ0n) is 16.0. The highest BCUT2D eigenvalue weighted by Gasteiger charge is 2.10. The number of benzene rings is 1. The van der Waals surface area contributed by atoms with E-state index in [-0.39, 0.29) is 6.54 Å². The molecule has 3 rings (SSSR count). The zero-order chi connectivity index (χ0) is 19.1. The molecule has 144 valence electrons. The minimum atomic E-state index is -0.739. The van der Waals surface area contributed by atoms with Gasteiger partial charge in [0.1, 0.15) is 11.9 Å². The van der Waals surface area contributed by atoms with Crippen molar-refractivity contribution in [3.05, 3.63) is 59.7 Å². The Labute approximate surface area is 159 Å². The molecule has 3 aromatic rings. The van der Waals surface area contributed by atoms with Gasteiger partial charge in [-0.05, 0) is 43.0 Å². The second-order valence-corrected chi connectivity index (χ2v) is 6.43. The van der Waals surface area contributed by atoms with Gasteiger partial charge in [-0.1, -0.05) is 25.1 Å². The lowest BCUT2D eigenvalue weighted by molar-refractivity contribution is 0.158. The third-order valence-corrected chi connectivity index (χ3v) is 4.59. The molecule has 1 atom stereocenters. The van der Waals surface area contributed by atoms with Gasteiger partial charge >= 0.3 is 0 Å². The van der Waals surface area contributed by atoms with E-state index in [0.717, 1.165) is 25.9 Å². The van der Waals surface area contributed by atoms with Gasteiger partial charge in [0, 0.05) is 30.2 Å². The minimum Gasteiger partial charge on any atom is -0.467 e. The summed E-state index contributed by atoms with van der Waals surface area (Å²) in [4.78, 5) is 7.86. The van der Waals surface area contributed by atoms with Crippen molar-refractivity contribution in [1.29, 1.82) is 0 Å². The molecular weight excluding hydrogens is 340 g/mol. The van der Waals surface area contributed by atoms with E-state index in [1.54, 1.807) is 18.4 Å². The largest absolute Gasteiger partial charge is 0.467 e. The molecule has 6 nitrogen and oxygen atoms in total. The summed E-state index contributed by atoms with van der Waals surface area (Å²) in [7, 11) is 0. The highest BCUT2D eigenvalue weighted by molar-refractivity contribution is 5.86. The van der Waals surface area contributed by atoms with Crippen LogP contribution in [-0.2, 0) is 12.8 Å². The number of hydrogen-bond acceptors (Lipinski definition) is 3. The average molecular weight is 368 g/mol. The molecule has 0 bridgehead atoms. The SMILES string of the molecule is CCNC(=NCC(O)c1ccco1)NCCc1c[nH]c2c(CC)cccc12. The third-order valence-electron chi connectivity index (χ3n) is 4.59. The Balaban J connectivity index is 1.59. The van der Waals surface area contributed by atoms with Gasteiger partial charge in [0.25, 0.3) is 0 Å². The number of fused-ring (bicyclic) bond motifs is 1. The molecule has 27 heavy (non-hydrogen) atoms. The maximum atomic E-state index is 10.1. The van der Waals surface area contributed by atoms with Crippen LogP contribution >= 0.6 is 0 Å². The second-order valence-electron chi connectivity index (χ2n) is 6.43. The molecule has 0 fully saturated rings. The first-order chi connectivity index (χ1) is 13.2. The Morgan fingerprint density at radius 2 is 2.07 bits per heavy atom. The van der Waals surface area contributed by atoms with Crippen molar-refractivity contribution in [3.63, 3.8) is 0 Å². The van der Waals surface area contributed by atoms with Crippen molar-refractivity contribution in [2.45, 2.75) is 32.8 Å². The van der Waals surface area contributed by atoms with E-state index in [9.17, 15) is 5.11 Å². The Morgan fingerprint density at radius 1 is 1.19 bits per heavy atom. The standard InChI is InChI=1S/C21H28N4O2/c1-3-15-7-5-8-17-16(13-24-20(15)17)10-11-23-21(22-4-2)25-14-18(26)19-9-6-12-27-19/h5-9,12-13,18,24,26H,3-4,10-11,14H2,1-2H3,(H2,22,23,25). The van der Waals surface area contributed by atoms with Crippen LogP contribution in [0.3, 0.4) is 0 Å². The topological polar surface area (TPSA) is 85.6 Å². The maximum Gasteiger partial charge on any atom is 0.191 e. The Bertz CT molecular complexity index is 868. The fourth-order valence-electron chi connectivity index (χ4n) is 3.18. The number of H-pyrrole nitrogens is 1. The van der Waals surface area contributed by atoms with Crippen LogP contribution in [0.2, 0.25) is 0 Å². The first kappa shape index (κ1) is 19.0. The van der Waals surface area contributed by atoms with Crippen LogP contribution in [0.15, 0.2) is 52.2 Å². The number of aromatic amines is 1. The summed E-state index contributed by atoms with van der Waals surface area (Å²) in [5.41, 5.74) is 3.87. The van der Waals surface area contributed by atoms with Gasteiger partial charge in [-0.3, -0.25) is 4.99 Å². The Morgan fingerprint density at radius 3 is 2.81 bits per heavy atom. The van der Waals surface area contributed by atoms with Crippen LogP contribution in [0.5, 0.6) is 0 Å². The lowest BCUT2D eigenvalue weighted by atomic mass is 10.1. The van der Waals surface area contributed by atoms with E-state index in [4.69, 9.17) is 4.42 Å². The summed E-state index contributed by atoms with van der Waals surface area (Å²) < 4.78 is 5.21. The molecule has 0 aliphatic carbocycles. The predicted molar refractivity (Wildman–Crippen MR) is 109 cm³/mol. The first-order valence-corrected chi connectivity index (χ1v) is 9.54. The quantitative estimate of drug-likeness (QED) is 0.363. The summed E-state index contributed by atoms with van der Waals surface area (Å²) >= 11 is 0. The summed E-state index contributed by atoms with van der Waals surface area (Å²) in [5.74, 6) is 1.22. The van der Waals surface area contributed by atoms with Crippen molar-refractivity contribution < 1.29 is 9.52 Å². The summed E-state index contributed by atoms with van der Waals surface area (Å²) in [6, 6.07) is 9.97. The maximum absolute atomic E-state index is 10.1. The molecule has 0 spiro atoms. The third kappa shape index (κ3) is 4.71. The van der Waals surface area contributed by atoms with E-state index < -0.39 is 6.10 Å². The number of aliphatic imine (C=N–C) groups is 1. The van der Waals surface area contributed by atoms with E-state index >= 15 is 0 Å². The lowest BCUT2D eigenvalue weighted by Gasteiger charge is -2.12. The molecule has 1 aromatic carbocycles. The van der Waals surface area contributed by atoms with Crippen LogP contribution in [0, 0.1) is 0 Å².